The molecule has 0 radical (unpaired) electrons. The van der Waals surface area contributed by atoms with Gasteiger partial charge in [-0.15, -0.1) is 21.5 Å². The fourth-order valence-corrected chi connectivity index (χ4v) is 11.7. The van der Waals surface area contributed by atoms with Gasteiger partial charge in [0.2, 0.25) is 5.91 Å². The van der Waals surface area contributed by atoms with Crippen molar-refractivity contribution >= 4 is 28.6 Å². The lowest BCUT2D eigenvalue weighted by atomic mass is 9.69. The second-order valence-electron chi connectivity index (χ2n) is 17.5. The van der Waals surface area contributed by atoms with Crippen LogP contribution in [0.25, 0.3) is 5.00 Å². The number of amides is 1. The number of carbonyl (C=O) groups excluding carboxylic acids is 1. The molecule has 300 valence electrons. The lowest BCUT2D eigenvalue weighted by Crippen LogP contribution is -2.42. The number of aromatic nitrogens is 3. The fraction of sp³-hybridized carbons (Fsp3) is 0.360. The summed E-state index contributed by atoms with van der Waals surface area (Å²) in [7, 11) is 0. The maximum atomic E-state index is 13.8. The van der Waals surface area contributed by atoms with Crippen LogP contribution in [0.4, 0.5) is 5.69 Å². The maximum absolute atomic E-state index is 13.8. The summed E-state index contributed by atoms with van der Waals surface area (Å²) in [5.74, 6) is 2.96. The van der Waals surface area contributed by atoms with Gasteiger partial charge in [-0.05, 0) is 129 Å². The number of piperidine rings is 1. The van der Waals surface area contributed by atoms with Crippen LogP contribution in [0.2, 0.25) is 0 Å². The van der Waals surface area contributed by atoms with E-state index >= 15 is 0 Å². The molecule has 2 saturated heterocycles. The molecular formula is C50H52N6O2S. The maximum Gasteiger partial charge on any atom is 0.227 e. The van der Waals surface area contributed by atoms with E-state index in [9.17, 15) is 9.90 Å². The molecule has 5 heterocycles. The summed E-state index contributed by atoms with van der Waals surface area (Å²) >= 11 is 1.77. The summed E-state index contributed by atoms with van der Waals surface area (Å²) in [4.78, 5) is 24.9. The molecule has 1 N–H and O–H groups in total. The Morgan fingerprint density at radius 1 is 0.864 bits per heavy atom. The van der Waals surface area contributed by atoms with Crippen molar-refractivity contribution in [3.05, 3.63) is 158 Å². The highest BCUT2D eigenvalue weighted by Gasteiger charge is 2.42. The molecule has 3 atom stereocenters. The van der Waals surface area contributed by atoms with Crippen molar-refractivity contribution in [1.82, 2.24) is 19.7 Å². The minimum atomic E-state index is -0.127. The molecule has 2 aromatic heterocycles. The summed E-state index contributed by atoms with van der Waals surface area (Å²) < 4.78 is 2.17. The molecule has 59 heavy (non-hydrogen) atoms. The van der Waals surface area contributed by atoms with E-state index in [0.29, 0.717) is 18.1 Å². The Hall–Kier alpha value is -5.54. The number of carbonyl (C=O) groups is 1. The number of phenols is 1. The molecule has 4 aliphatic rings. The first kappa shape index (κ1) is 37.7. The van der Waals surface area contributed by atoms with Crippen LogP contribution in [0.15, 0.2) is 102 Å². The number of aliphatic imine (C=N–C) groups is 1. The van der Waals surface area contributed by atoms with E-state index in [-0.39, 0.29) is 23.3 Å². The highest BCUT2D eigenvalue weighted by Crippen LogP contribution is 2.48. The number of phenolic OH excluding ortho intramolecular Hbond substituents is 1. The van der Waals surface area contributed by atoms with E-state index in [1.54, 1.807) is 11.3 Å². The third kappa shape index (κ3) is 6.77. The number of thiophene rings is 1. The van der Waals surface area contributed by atoms with Gasteiger partial charge in [0, 0.05) is 53.8 Å². The van der Waals surface area contributed by atoms with Gasteiger partial charge in [0.15, 0.2) is 5.82 Å². The second kappa shape index (κ2) is 14.9. The normalized spacial score (nSPS) is 20.8. The molecule has 4 aromatic carbocycles. The van der Waals surface area contributed by atoms with Gasteiger partial charge in [-0.25, -0.2) is 0 Å². The van der Waals surface area contributed by atoms with Gasteiger partial charge < -0.3 is 14.9 Å². The Morgan fingerprint density at radius 2 is 1.61 bits per heavy atom. The van der Waals surface area contributed by atoms with Gasteiger partial charge in [-0.1, -0.05) is 72.8 Å². The predicted octanol–water partition coefficient (Wildman–Crippen LogP) is 9.80. The van der Waals surface area contributed by atoms with E-state index in [0.717, 1.165) is 97.3 Å². The van der Waals surface area contributed by atoms with Crippen molar-refractivity contribution in [2.24, 2.45) is 10.4 Å². The number of fused-ring (bicyclic) bond motifs is 4. The standard InChI is InChI=1S/C50H52N6O2S/c1-31-33(3)59-49-45(31)47(51-32(2)48-53-52-34(4)56(48)49)38-12-10-35(11-13-38)28-44(58)55-27-24-50(30-55)22-25-54(26-23-50)40-17-14-37(15-18-40)46-42(36-8-6-5-7-9-36)20-16-39-29-41(57)19-21-43(39)46/h5-15,17-19,21,29,32,42,46,57H,16,20,22-28,30H2,1-4H3/t32-,42+,46-/m0/s1. The number of hydrogen-bond acceptors (Lipinski definition) is 7. The molecule has 8 nitrogen and oxygen atoms in total. The first-order chi connectivity index (χ1) is 28.6. The zero-order valence-corrected chi connectivity index (χ0v) is 35.3. The quantitative estimate of drug-likeness (QED) is 0.181. The van der Waals surface area contributed by atoms with Crippen LogP contribution in [-0.2, 0) is 17.6 Å². The highest BCUT2D eigenvalue weighted by molar-refractivity contribution is 7.15. The summed E-state index contributed by atoms with van der Waals surface area (Å²) in [5.41, 5.74) is 12.2. The van der Waals surface area contributed by atoms with E-state index in [1.807, 2.05) is 19.1 Å². The predicted molar refractivity (Wildman–Crippen MR) is 237 cm³/mol. The molecule has 1 spiro atoms. The van der Waals surface area contributed by atoms with Crippen LogP contribution in [-0.4, -0.2) is 62.6 Å². The number of rotatable bonds is 6. The van der Waals surface area contributed by atoms with Gasteiger partial charge in [-0.2, -0.15) is 0 Å². The fourth-order valence-electron chi connectivity index (χ4n) is 10.5. The van der Waals surface area contributed by atoms with Crippen molar-refractivity contribution in [1.29, 1.82) is 0 Å². The van der Waals surface area contributed by atoms with Crippen LogP contribution in [0, 0.1) is 26.2 Å². The van der Waals surface area contributed by atoms with Crippen molar-refractivity contribution in [2.45, 2.75) is 84.1 Å². The van der Waals surface area contributed by atoms with Gasteiger partial charge >= 0.3 is 0 Å². The molecular weight excluding hydrogens is 749 g/mol. The molecule has 2 fully saturated rings. The average Bonchev–Trinajstić information content (AvgIpc) is 3.92. The van der Waals surface area contributed by atoms with Gasteiger partial charge in [0.05, 0.1) is 12.1 Å². The molecule has 9 heteroatoms. The minimum Gasteiger partial charge on any atom is -0.508 e. The molecule has 0 unspecified atom stereocenters. The Bertz CT molecular complexity index is 2560. The number of aryl methyl sites for hydroxylation is 3. The topological polar surface area (TPSA) is 86.8 Å². The molecule has 1 amide bonds. The van der Waals surface area contributed by atoms with Crippen molar-refractivity contribution < 1.29 is 9.90 Å². The summed E-state index contributed by atoms with van der Waals surface area (Å²) in [6.45, 7) is 12.1. The lowest BCUT2D eigenvalue weighted by Gasteiger charge is -2.40. The molecule has 3 aliphatic heterocycles. The van der Waals surface area contributed by atoms with Crippen molar-refractivity contribution in [3.8, 4) is 10.8 Å². The zero-order valence-electron chi connectivity index (χ0n) is 34.5. The summed E-state index contributed by atoms with van der Waals surface area (Å²) in [6, 6.07) is 34.5. The Morgan fingerprint density at radius 3 is 2.37 bits per heavy atom. The van der Waals surface area contributed by atoms with Crippen molar-refractivity contribution in [3.63, 3.8) is 0 Å². The molecule has 0 bridgehead atoms. The highest BCUT2D eigenvalue weighted by atomic mass is 32.1. The van der Waals surface area contributed by atoms with E-state index in [4.69, 9.17) is 4.99 Å². The second-order valence-corrected chi connectivity index (χ2v) is 18.7. The largest absolute Gasteiger partial charge is 0.508 e. The summed E-state index contributed by atoms with van der Waals surface area (Å²) in [6.07, 6.45) is 5.73. The van der Waals surface area contributed by atoms with Crippen molar-refractivity contribution in [2.75, 3.05) is 31.1 Å². The smallest absolute Gasteiger partial charge is 0.227 e. The number of aromatic hydroxyl groups is 1. The SMILES string of the molecule is Cc1sc2c(c1C)C(c1ccc(CC(=O)N3CCC4(CCN(c5ccc([C@@H]6c7ccc(O)cc7CC[C@@H]6c6ccccc6)cc5)CC4)C3)cc1)=N[C@@H](C)c1nnc(C)n1-2. The van der Waals surface area contributed by atoms with Gasteiger partial charge in [0.25, 0.3) is 0 Å². The number of nitrogens with zero attached hydrogens (tertiary/aromatic N) is 6. The van der Waals surface area contributed by atoms with Crippen LogP contribution in [0.5, 0.6) is 5.75 Å². The number of anilines is 1. The first-order valence-corrected chi connectivity index (χ1v) is 22.2. The zero-order chi connectivity index (χ0) is 40.4. The first-order valence-electron chi connectivity index (χ1n) is 21.3. The molecule has 6 aromatic rings. The third-order valence-corrected chi connectivity index (χ3v) is 15.2. The van der Waals surface area contributed by atoms with Crippen LogP contribution < -0.4 is 4.90 Å². The third-order valence-electron chi connectivity index (χ3n) is 14.0. The molecule has 10 rings (SSSR count). The molecule has 1 aliphatic carbocycles. The lowest BCUT2D eigenvalue weighted by molar-refractivity contribution is -0.129. The van der Waals surface area contributed by atoms with E-state index in [2.05, 4.69) is 130 Å². The van der Waals surface area contributed by atoms with Gasteiger partial charge in [0.1, 0.15) is 22.6 Å². The van der Waals surface area contributed by atoms with Gasteiger partial charge in [-0.3, -0.25) is 14.4 Å². The molecule has 0 saturated carbocycles. The number of benzene rings is 4. The minimum absolute atomic E-state index is 0.127. The Kier molecular flexibility index (Phi) is 9.54. The Labute approximate surface area is 351 Å². The number of hydrogen-bond donors (Lipinski definition) is 1. The average molecular weight is 801 g/mol. The van der Waals surface area contributed by atoms with Crippen LogP contribution in [0.1, 0.15) is 112 Å². The monoisotopic (exact) mass is 800 g/mol. The van der Waals surface area contributed by atoms with E-state index < -0.39 is 0 Å². The Balaban J connectivity index is 0.786. The van der Waals surface area contributed by atoms with Crippen LogP contribution in [0.3, 0.4) is 0 Å². The van der Waals surface area contributed by atoms with E-state index in [1.165, 1.54) is 38.4 Å². The summed E-state index contributed by atoms with van der Waals surface area (Å²) in [5, 5.41) is 20.3. The van der Waals surface area contributed by atoms with Crippen LogP contribution >= 0.6 is 11.3 Å². The number of likely N-dealkylation sites (tertiary alicyclic amines) is 1.